The molecule has 3 N–H and O–H groups in total. The Morgan fingerprint density at radius 2 is 1.95 bits per heavy atom. The highest BCUT2D eigenvalue weighted by Crippen LogP contribution is 2.18. The van der Waals surface area contributed by atoms with Gasteiger partial charge >= 0.3 is 0 Å². The molecule has 0 aliphatic carbocycles. The average Bonchev–Trinajstić information content (AvgIpc) is 2.34. The second-order valence-corrected chi connectivity index (χ2v) is 5.84. The van der Waals surface area contributed by atoms with Crippen molar-refractivity contribution in [3.05, 3.63) is 24.0 Å². The Labute approximate surface area is 113 Å². The van der Waals surface area contributed by atoms with Crippen molar-refractivity contribution in [2.75, 3.05) is 31.9 Å². The molecule has 0 heterocycles. The van der Waals surface area contributed by atoms with Gasteiger partial charge in [-0.2, -0.15) is 0 Å². The summed E-state index contributed by atoms with van der Waals surface area (Å²) >= 11 is 0. The first kappa shape index (κ1) is 15.9. The number of hydrogen-bond acceptors (Lipinski definition) is 4. The number of rotatable bonds is 7. The lowest BCUT2D eigenvalue weighted by Crippen LogP contribution is -2.35. The molecule has 0 aliphatic rings. The molecule has 0 aliphatic heterocycles. The van der Waals surface area contributed by atoms with Gasteiger partial charge in [0.1, 0.15) is 10.7 Å². The fourth-order valence-corrected chi connectivity index (χ4v) is 2.85. The van der Waals surface area contributed by atoms with E-state index in [-0.39, 0.29) is 10.6 Å². The number of sulfonamides is 1. The third-order valence-electron chi connectivity index (χ3n) is 2.88. The third kappa shape index (κ3) is 4.45. The topological polar surface area (TPSA) is 75.4 Å². The molecule has 0 unspecified atom stereocenters. The summed E-state index contributed by atoms with van der Waals surface area (Å²) in [6.07, 6.45) is 0. The van der Waals surface area contributed by atoms with Gasteiger partial charge < -0.3 is 10.6 Å². The number of benzene rings is 1. The quantitative estimate of drug-likeness (QED) is 0.735. The number of nitrogen functional groups attached to an aromatic ring is 1. The Hall–Kier alpha value is -1.18. The van der Waals surface area contributed by atoms with E-state index < -0.39 is 15.8 Å². The van der Waals surface area contributed by atoms with Crippen molar-refractivity contribution in [2.24, 2.45) is 0 Å². The minimum absolute atomic E-state index is 0.0876. The zero-order valence-electron chi connectivity index (χ0n) is 11.2. The van der Waals surface area contributed by atoms with Crippen LogP contribution in [-0.4, -0.2) is 39.5 Å². The minimum Gasteiger partial charge on any atom is -0.398 e. The predicted octanol–water partition coefficient (Wildman–Crippen LogP) is 1.03. The first-order valence-corrected chi connectivity index (χ1v) is 7.66. The van der Waals surface area contributed by atoms with Crippen LogP contribution in [0.25, 0.3) is 0 Å². The van der Waals surface area contributed by atoms with Gasteiger partial charge in [-0.05, 0) is 31.3 Å². The summed E-state index contributed by atoms with van der Waals surface area (Å²) in [4.78, 5) is 2.00. The van der Waals surface area contributed by atoms with Crippen molar-refractivity contribution in [2.45, 2.75) is 18.7 Å². The molecule has 19 heavy (non-hydrogen) atoms. The van der Waals surface area contributed by atoms with Gasteiger partial charge in [0.05, 0.1) is 5.69 Å². The molecule has 5 nitrogen and oxygen atoms in total. The van der Waals surface area contributed by atoms with Crippen LogP contribution >= 0.6 is 0 Å². The molecule has 0 radical (unpaired) electrons. The molecule has 0 saturated heterocycles. The predicted molar refractivity (Wildman–Crippen MR) is 73.8 cm³/mol. The molecular formula is C12H20FN3O2S. The molecule has 0 amide bonds. The van der Waals surface area contributed by atoms with Crippen LogP contribution in [0.5, 0.6) is 0 Å². The molecule has 7 heteroatoms. The zero-order valence-corrected chi connectivity index (χ0v) is 12.0. The molecule has 0 fully saturated rings. The average molecular weight is 289 g/mol. The minimum atomic E-state index is -3.69. The Morgan fingerprint density at radius 3 is 2.47 bits per heavy atom. The molecular weight excluding hydrogens is 269 g/mol. The summed E-state index contributed by atoms with van der Waals surface area (Å²) < 4.78 is 39.3. The fourth-order valence-electron chi connectivity index (χ4n) is 1.72. The van der Waals surface area contributed by atoms with E-state index in [1.54, 1.807) is 0 Å². The van der Waals surface area contributed by atoms with Crippen molar-refractivity contribution in [3.63, 3.8) is 0 Å². The van der Waals surface area contributed by atoms with Gasteiger partial charge in [-0.15, -0.1) is 0 Å². The summed E-state index contributed by atoms with van der Waals surface area (Å²) in [7, 11) is -3.69. The van der Waals surface area contributed by atoms with Gasteiger partial charge in [-0.3, -0.25) is 0 Å². The number of nitrogens with two attached hydrogens (primary N) is 1. The van der Waals surface area contributed by atoms with Crippen molar-refractivity contribution in [1.29, 1.82) is 0 Å². The Kier molecular flexibility index (Phi) is 5.71. The molecule has 0 aromatic heterocycles. The summed E-state index contributed by atoms with van der Waals surface area (Å²) in [6.45, 7) is 6.65. The van der Waals surface area contributed by atoms with Crippen LogP contribution in [0.3, 0.4) is 0 Å². The van der Waals surface area contributed by atoms with Crippen molar-refractivity contribution in [3.8, 4) is 0 Å². The van der Waals surface area contributed by atoms with E-state index in [2.05, 4.69) is 9.62 Å². The van der Waals surface area contributed by atoms with Gasteiger partial charge in [0.25, 0.3) is 0 Å². The number of nitrogens with zero attached hydrogens (tertiary/aromatic N) is 1. The first-order chi connectivity index (χ1) is 8.90. The maximum absolute atomic E-state index is 12.9. The highest BCUT2D eigenvalue weighted by molar-refractivity contribution is 7.89. The van der Waals surface area contributed by atoms with E-state index in [4.69, 9.17) is 5.73 Å². The van der Waals surface area contributed by atoms with Crippen LogP contribution < -0.4 is 10.5 Å². The first-order valence-electron chi connectivity index (χ1n) is 6.17. The second-order valence-electron chi connectivity index (χ2n) is 4.11. The van der Waals surface area contributed by atoms with Crippen molar-refractivity contribution >= 4 is 15.7 Å². The van der Waals surface area contributed by atoms with E-state index in [1.165, 1.54) is 6.07 Å². The van der Waals surface area contributed by atoms with Gasteiger partial charge in [-0.1, -0.05) is 13.8 Å². The molecule has 0 saturated carbocycles. The Morgan fingerprint density at radius 1 is 1.32 bits per heavy atom. The Balaban J connectivity index is 2.71. The van der Waals surface area contributed by atoms with E-state index in [0.717, 1.165) is 25.2 Å². The molecule has 0 bridgehead atoms. The van der Waals surface area contributed by atoms with Gasteiger partial charge in [0, 0.05) is 13.1 Å². The van der Waals surface area contributed by atoms with E-state index >= 15 is 0 Å². The maximum Gasteiger partial charge on any atom is 0.242 e. The normalized spacial score (nSPS) is 12.0. The summed E-state index contributed by atoms with van der Waals surface area (Å²) in [6, 6.07) is 3.25. The van der Waals surface area contributed by atoms with Crippen LogP contribution in [0.4, 0.5) is 10.1 Å². The van der Waals surface area contributed by atoms with Gasteiger partial charge in [-0.25, -0.2) is 17.5 Å². The van der Waals surface area contributed by atoms with Gasteiger partial charge in [0.2, 0.25) is 10.0 Å². The highest BCUT2D eigenvalue weighted by atomic mass is 32.2. The molecule has 108 valence electrons. The lowest BCUT2D eigenvalue weighted by atomic mass is 10.3. The second kappa shape index (κ2) is 6.83. The number of likely N-dealkylation sites (N-methyl/N-ethyl adjacent to an activating group) is 1. The number of nitrogens with one attached hydrogen (secondary N) is 1. The standard InChI is InChI=1S/C12H20FN3O2S/c1-3-16(4-2)8-7-15-19(17,18)12-6-5-10(13)9-11(12)14/h5-6,9,15H,3-4,7-8,14H2,1-2H3. The molecule has 1 aromatic rings. The maximum atomic E-state index is 12.9. The summed E-state index contributed by atoms with van der Waals surface area (Å²) in [5.74, 6) is -0.556. The van der Waals surface area contributed by atoms with E-state index in [1.807, 2.05) is 13.8 Å². The monoisotopic (exact) mass is 289 g/mol. The van der Waals surface area contributed by atoms with E-state index in [0.29, 0.717) is 13.1 Å². The number of halogens is 1. The molecule has 1 rings (SSSR count). The van der Waals surface area contributed by atoms with Gasteiger partial charge in [0.15, 0.2) is 0 Å². The molecule has 0 atom stereocenters. The fraction of sp³-hybridized carbons (Fsp3) is 0.500. The van der Waals surface area contributed by atoms with E-state index in [9.17, 15) is 12.8 Å². The molecule has 1 aromatic carbocycles. The van der Waals surface area contributed by atoms with Crippen molar-refractivity contribution in [1.82, 2.24) is 9.62 Å². The summed E-state index contributed by atoms with van der Waals surface area (Å²) in [5, 5.41) is 0. The molecule has 0 spiro atoms. The van der Waals surface area contributed by atoms with Crippen LogP contribution in [0.15, 0.2) is 23.1 Å². The van der Waals surface area contributed by atoms with Crippen molar-refractivity contribution < 1.29 is 12.8 Å². The smallest absolute Gasteiger partial charge is 0.242 e. The number of anilines is 1. The lowest BCUT2D eigenvalue weighted by molar-refractivity contribution is 0.309. The largest absolute Gasteiger partial charge is 0.398 e. The SMILES string of the molecule is CCN(CC)CCNS(=O)(=O)c1ccc(F)cc1N. The number of hydrogen-bond donors (Lipinski definition) is 2. The summed E-state index contributed by atoms with van der Waals surface area (Å²) in [5.41, 5.74) is 5.43. The van der Waals surface area contributed by atoms with Crippen LogP contribution in [0.1, 0.15) is 13.8 Å². The third-order valence-corrected chi connectivity index (χ3v) is 4.41. The Bertz CT molecular complexity index is 516. The van der Waals surface area contributed by atoms with Crippen LogP contribution in [0.2, 0.25) is 0 Å². The highest BCUT2D eigenvalue weighted by Gasteiger charge is 2.17. The lowest BCUT2D eigenvalue weighted by Gasteiger charge is -2.18. The zero-order chi connectivity index (χ0) is 14.5. The van der Waals surface area contributed by atoms with Crippen LogP contribution in [0, 0.1) is 5.82 Å². The van der Waals surface area contributed by atoms with Crippen LogP contribution in [-0.2, 0) is 10.0 Å².